The van der Waals surface area contributed by atoms with Crippen molar-refractivity contribution in [3.8, 4) is 0 Å². The highest BCUT2D eigenvalue weighted by atomic mass is 19.4. The number of alkyl halides is 3. The monoisotopic (exact) mass is 348 g/mol. The van der Waals surface area contributed by atoms with Crippen molar-refractivity contribution in [1.82, 2.24) is 0 Å². The van der Waals surface area contributed by atoms with E-state index in [1.54, 1.807) is 31.2 Å². The van der Waals surface area contributed by atoms with Gasteiger partial charge in [-0.2, -0.15) is 13.2 Å². The molecule has 2 aromatic rings. The van der Waals surface area contributed by atoms with Crippen LogP contribution >= 0.6 is 0 Å². The molecule has 0 aliphatic carbocycles. The Morgan fingerprint density at radius 1 is 1.20 bits per heavy atom. The summed E-state index contributed by atoms with van der Waals surface area (Å²) in [5.74, 6) is 0. The molecule has 3 rings (SSSR count). The Bertz CT molecular complexity index is 832. The quantitative estimate of drug-likeness (QED) is 0.508. The van der Waals surface area contributed by atoms with Gasteiger partial charge in [-0.15, -0.1) is 0 Å². The molecule has 25 heavy (non-hydrogen) atoms. The number of hydrogen-bond donors (Lipinski definition) is 1. The first-order valence-electron chi connectivity index (χ1n) is 7.53. The van der Waals surface area contributed by atoms with Gasteiger partial charge in [0.25, 0.3) is 5.60 Å². The molecular formula is C18H15F3N2O2. The first-order chi connectivity index (χ1) is 11.9. The van der Waals surface area contributed by atoms with Crippen LogP contribution in [0.2, 0.25) is 0 Å². The van der Waals surface area contributed by atoms with E-state index in [0.717, 1.165) is 5.56 Å². The van der Waals surface area contributed by atoms with Crippen molar-refractivity contribution in [3.63, 3.8) is 0 Å². The van der Waals surface area contributed by atoms with Gasteiger partial charge in [0.2, 0.25) is 0 Å². The van der Waals surface area contributed by atoms with Gasteiger partial charge >= 0.3 is 6.18 Å². The lowest BCUT2D eigenvalue weighted by molar-refractivity contribution is -0.275. The van der Waals surface area contributed by atoms with Crippen molar-refractivity contribution in [2.24, 2.45) is 10.3 Å². The molecule has 0 saturated heterocycles. The minimum Gasteiger partial charge on any atom is -0.411 e. The number of rotatable bonds is 3. The second-order valence-electron chi connectivity index (χ2n) is 5.81. The lowest BCUT2D eigenvalue weighted by Crippen LogP contribution is -2.42. The fourth-order valence-electron chi connectivity index (χ4n) is 2.83. The zero-order chi connectivity index (χ0) is 18.1. The average molecular weight is 348 g/mol. The molecule has 0 spiro atoms. The highest BCUT2D eigenvalue weighted by Crippen LogP contribution is 2.48. The maximum atomic E-state index is 13.8. The molecule has 0 bridgehead atoms. The van der Waals surface area contributed by atoms with Crippen LogP contribution in [0.3, 0.4) is 0 Å². The maximum Gasteiger partial charge on any atom is 0.435 e. The highest BCUT2D eigenvalue weighted by molar-refractivity contribution is 6.02. The van der Waals surface area contributed by atoms with E-state index < -0.39 is 18.2 Å². The Labute approximate surface area is 142 Å². The van der Waals surface area contributed by atoms with Crippen molar-refractivity contribution in [1.29, 1.82) is 0 Å². The summed E-state index contributed by atoms with van der Waals surface area (Å²) in [5, 5.41) is 15.3. The van der Waals surface area contributed by atoms with Crippen LogP contribution < -0.4 is 0 Å². The van der Waals surface area contributed by atoms with Crippen LogP contribution in [-0.4, -0.2) is 23.3 Å². The van der Waals surface area contributed by atoms with E-state index in [2.05, 4.69) is 10.3 Å². The van der Waals surface area contributed by atoms with E-state index in [1.165, 1.54) is 30.5 Å². The molecular weight excluding hydrogens is 333 g/mol. The Hall–Kier alpha value is -2.83. The van der Waals surface area contributed by atoms with Crippen LogP contribution in [0.5, 0.6) is 0 Å². The van der Waals surface area contributed by atoms with Crippen molar-refractivity contribution >= 4 is 11.9 Å². The van der Waals surface area contributed by atoms with Gasteiger partial charge in [0.05, 0.1) is 11.9 Å². The summed E-state index contributed by atoms with van der Waals surface area (Å²) in [6.07, 6.45) is -3.76. The van der Waals surface area contributed by atoms with E-state index in [-0.39, 0.29) is 11.3 Å². The van der Waals surface area contributed by atoms with Crippen molar-refractivity contribution in [2.45, 2.75) is 25.1 Å². The van der Waals surface area contributed by atoms with Gasteiger partial charge in [0.1, 0.15) is 0 Å². The van der Waals surface area contributed by atoms with Crippen LogP contribution in [-0.2, 0) is 10.4 Å². The number of hydrogen-bond acceptors (Lipinski definition) is 4. The molecule has 1 unspecified atom stereocenters. The second-order valence-corrected chi connectivity index (χ2v) is 5.81. The minimum atomic E-state index is -4.61. The molecule has 1 aliphatic heterocycles. The van der Waals surface area contributed by atoms with Gasteiger partial charge in [-0.3, -0.25) is 0 Å². The summed E-state index contributed by atoms with van der Waals surface area (Å²) in [6.45, 7) is 1.77. The number of halogens is 3. The molecule has 7 heteroatoms. The third kappa shape index (κ3) is 2.97. The number of aryl methyl sites for hydroxylation is 1. The second kappa shape index (κ2) is 6.23. The van der Waals surface area contributed by atoms with Gasteiger partial charge in [0.15, 0.2) is 0 Å². The molecule has 1 atom stereocenters. The molecule has 0 amide bonds. The number of oxime groups is 2. The Morgan fingerprint density at radius 2 is 1.92 bits per heavy atom. The minimum absolute atomic E-state index is 0.0157. The molecule has 0 fully saturated rings. The van der Waals surface area contributed by atoms with Crippen LogP contribution in [0, 0.1) is 6.92 Å². The van der Waals surface area contributed by atoms with E-state index in [0.29, 0.717) is 11.1 Å². The predicted molar refractivity (Wildman–Crippen MR) is 87.0 cm³/mol. The Balaban J connectivity index is 1.96. The third-order valence-electron chi connectivity index (χ3n) is 4.23. The highest BCUT2D eigenvalue weighted by Gasteiger charge is 2.62. The van der Waals surface area contributed by atoms with Crippen molar-refractivity contribution in [3.05, 3.63) is 70.8 Å². The van der Waals surface area contributed by atoms with Crippen molar-refractivity contribution in [2.75, 3.05) is 0 Å². The molecule has 1 N–H and O–H groups in total. The topological polar surface area (TPSA) is 54.2 Å². The average Bonchev–Trinajstić information content (AvgIpc) is 3.04. The summed E-state index contributed by atoms with van der Waals surface area (Å²) in [5.41, 5.74) is -0.297. The summed E-state index contributed by atoms with van der Waals surface area (Å²) in [7, 11) is 0. The molecule has 1 aliphatic rings. The third-order valence-corrected chi connectivity index (χ3v) is 4.23. The summed E-state index contributed by atoms with van der Waals surface area (Å²) >= 11 is 0. The molecule has 0 aromatic heterocycles. The molecule has 2 aromatic carbocycles. The van der Waals surface area contributed by atoms with Gasteiger partial charge in [-0.1, -0.05) is 52.8 Å². The fraction of sp³-hybridized carbons (Fsp3) is 0.222. The summed E-state index contributed by atoms with van der Waals surface area (Å²) in [6, 6.07) is 12.5. The Kier molecular flexibility index (Phi) is 4.24. The Morgan fingerprint density at radius 3 is 2.52 bits per heavy atom. The zero-order valence-electron chi connectivity index (χ0n) is 13.3. The lowest BCUT2D eigenvalue weighted by Gasteiger charge is -2.29. The van der Waals surface area contributed by atoms with Crippen LogP contribution in [0.4, 0.5) is 13.2 Å². The van der Waals surface area contributed by atoms with Crippen molar-refractivity contribution < 1.29 is 23.2 Å². The van der Waals surface area contributed by atoms with E-state index in [1.807, 2.05) is 0 Å². The molecule has 0 radical (unpaired) electrons. The zero-order valence-corrected chi connectivity index (χ0v) is 13.3. The van der Waals surface area contributed by atoms with Crippen LogP contribution in [0.1, 0.15) is 28.7 Å². The van der Waals surface area contributed by atoms with Crippen LogP contribution in [0.15, 0.2) is 58.8 Å². The lowest BCUT2D eigenvalue weighted by atomic mass is 9.86. The van der Waals surface area contributed by atoms with E-state index in [9.17, 15) is 13.2 Å². The SMILES string of the molecule is Cc1cc(C2=NOC(c3ccccc3)(C(F)(F)F)C2)ccc1/C=N/O. The predicted octanol–water partition coefficient (Wildman–Crippen LogP) is 4.39. The number of benzene rings is 2. The van der Waals surface area contributed by atoms with Gasteiger partial charge in [0, 0.05) is 12.0 Å². The smallest absolute Gasteiger partial charge is 0.411 e. The van der Waals surface area contributed by atoms with Crippen LogP contribution in [0.25, 0.3) is 0 Å². The summed E-state index contributed by atoms with van der Waals surface area (Å²) in [4.78, 5) is 4.97. The fourth-order valence-corrected chi connectivity index (χ4v) is 2.83. The van der Waals surface area contributed by atoms with Gasteiger partial charge < -0.3 is 10.0 Å². The molecule has 4 nitrogen and oxygen atoms in total. The van der Waals surface area contributed by atoms with E-state index >= 15 is 0 Å². The largest absolute Gasteiger partial charge is 0.435 e. The summed E-state index contributed by atoms with van der Waals surface area (Å²) < 4.78 is 41.4. The van der Waals surface area contributed by atoms with Gasteiger partial charge in [-0.05, 0) is 29.7 Å². The molecule has 130 valence electrons. The standard InChI is InChI=1S/C18H15F3N2O2/c1-12-9-13(7-8-14(12)11-22-24)16-10-17(25-23-16,18(19,20)21)15-5-3-2-4-6-15/h2-9,11,24H,10H2,1H3/b22-11+. The molecule has 1 heterocycles. The first kappa shape index (κ1) is 17.0. The van der Waals surface area contributed by atoms with E-state index in [4.69, 9.17) is 10.0 Å². The normalized spacial score (nSPS) is 20.6. The maximum absolute atomic E-state index is 13.8. The number of nitrogens with zero attached hydrogens (tertiary/aromatic N) is 2. The van der Waals surface area contributed by atoms with Gasteiger partial charge in [-0.25, -0.2) is 0 Å². The molecule has 0 saturated carbocycles. The first-order valence-corrected chi connectivity index (χ1v) is 7.53.